The molecule has 6 nitrogen and oxygen atoms in total. The number of aldehydes is 1. The summed E-state index contributed by atoms with van der Waals surface area (Å²) in [6.45, 7) is 1.57. The lowest BCUT2D eigenvalue weighted by molar-refractivity contribution is -0.128. The molecule has 0 aromatic rings. The maximum absolute atomic E-state index is 12.4. The van der Waals surface area contributed by atoms with Crippen LogP contribution in [0.25, 0.3) is 0 Å². The second-order valence-electron chi connectivity index (χ2n) is 6.50. The quantitative estimate of drug-likeness (QED) is 0.601. The van der Waals surface area contributed by atoms with E-state index >= 15 is 0 Å². The summed E-state index contributed by atoms with van der Waals surface area (Å²) in [5, 5.41) is 8.86. The minimum atomic E-state index is -0.561. The van der Waals surface area contributed by atoms with E-state index in [0.717, 1.165) is 25.7 Å². The van der Waals surface area contributed by atoms with Crippen LogP contribution in [0.4, 0.5) is 0 Å². The lowest BCUT2D eigenvalue weighted by atomic mass is 9.93. The van der Waals surface area contributed by atoms with Gasteiger partial charge in [0.15, 0.2) is 0 Å². The topological polar surface area (TPSA) is 87.3 Å². The average Bonchev–Trinajstić information content (AvgIpc) is 3.15. The zero-order chi connectivity index (χ0) is 14.8. The second-order valence-corrected chi connectivity index (χ2v) is 6.50. The number of hydrogen-bond donors (Lipinski definition) is 3. The van der Waals surface area contributed by atoms with Gasteiger partial charge in [0.1, 0.15) is 6.29 Å². The molecule has 3 rings (SSSR count). The number of amides is 2. The summed E-state index contributed by atoms with van der Waals surface area (Å²) in [7, 11) is 0. The van der Waals surface area contributed by atoms with E-state index in [1.165, 1.54) is 12.8 Å². The van der Waals surface area contributed by atoms with Crippen LogP contribution in [0.3, 0.4) is 0 Å². The van der Waals surface area contributed by atoms with Crippen molar-refractivity contribution >= 4 is 18.1 Å². The van der Waals surface area contributed by atoms with Crippen LogP contribution < -0.4 is 16.0 Å². The van der Waals surface area contributed by atoms with Crippen LogP contribution in [0.15, 0.2) is 0 Å². The highest BCUT2D eigenvalue weighted by atomic mass is 16.2. The van der Waals surface area contributed by atoms with Gasteiger partial charge in [-0.25, -0.2) is 0 Å². The first-order valence-electron chi connectivity index (χ1n) is 7.96. The van der Waals surface area contributed by atoms with Gasteiger partial charge in [-0.05, 0) is 44.1 Å². The van der Waals surface area contributed by atoms with Crippen molar-refractivity contribution in [1.29, 1.82) is 0 Å². The highest BCUT2D eigenvalue weighted by Crippen LogP contribution is 2.37. The lowest BCUT2D eigenvalue weighted by Crippen LogP contribution is -2.48. The summed E-state index contributed by atoms with van der Waals surface area (Å²) in [4.78, 5) is 35.2. The van der Waals surface area contributed by atoms with Gasteiger partial charge in [-0.15, -0.1) is 0 Å². The van der Waals surface area contributed by atoms with Crippen molar-refractivity contribution in [1.82, 2.24) is 16.0 Å². The zero-order valence-electron chi connectivity index (χ0n) is 12.1. The van der Waals surface area contributed by atoms with Crippen LogP contribution in [0.2, 0.25) is 0 Å². The Hall–Kier alpha value is -1.43. The van der Waals surface area contributed by atoms with Gasteiger partial charge in [0, 0.05) is 12.5 Å². The Balaban J connectivity index is 1.55. The molecule has 3 fully saturated rings. The fourth-order valence-corrected chi connectivity index (χ4v) is 4.07. The molecule has 2 heterocycles. The summed E-state index contributed by atoms with van der Waals surface area (Å²) in [5.41, 5.74) is 0. The highest BCUT2D eigenvalue weighted by Gasteiger charge is 2.42. The van der Waals surface area contributed by atoms with Crippen LogP contribution in [0, 0.1) is 17.8 Å². The molecule has 2 amide bonds. The molecule has 116 valence electrons. The highest BCUT2D eigenvalue weighted by molar-refractivity contribution is 5.86. The molecule has 0 spiro atoms. The largest absolute Gasteiger partial charge is 0.356 e. The van der Waals surface area contributed by atoms with Crippen LogP contribution in [0.5, 0.6) is 0 Å². The first kappa shape index (κ1) is 14.5. The van der Waals surface area contributed by atoms with Crippen molar-refractivity contribution in [2.45, 2.75) is 44.2 Å². The third-order valence-electron chi connectivity index (χ3n) is 5.22. The second kappa shape index (κ2) is 6.13. The van der Waals surface area contributed by atoms with Crippen molar-refractivity contribution in [3.05, 3.63) is 0 Å². The summed E-state index contributed by atoms with van der Waals surface area (Å²) >= 11 is 0. The molecule has 1 aliphatic carbocycles. The Morgan fingerprint density at radius 2 is 2.24 bits per heavy atom. The molecule has 3 unspecified atom stereocenters. The molecule has 0 aromatic carbocycles. The maximum atomic E-state index is 12.4. The molecule has 6 heteroatoms. The third kappa shape index (κ3) is 2.95. The lowest BCUT2D eigenvalue weighted by Gasteiger charge is -2.21. The maximum Gasteiger partial charge on any atom is 0.238 e. The van der Waals surface area contributed by atoms with E-state index in [0.29, 0.717) is 24.8 Å². The van der Waals surface area contributed by atoms with E-state index in [-0.39, 0.29) is 23.8 Å². The third-order valence-corrected chi connectivity index (χ3v) is 5.22. The van der Waals surface area contributed by atoms with Gasteiger partial charge in [-0.1, -0.05) is 6.42 Å². The Morgan fingerprint density at radius 3 is 2.95 bits per heavy atom. The summed E-state index contributed by atoms with van der Waals surface area (Å²) in [6, 6.07) is -0.731. The molecule has 1 saturated carbocycles. The smallest absolute Gasteiger partial charge is 0.238 e. The molecule has 5 atom stereocenters. The number of fused-ring (bicyclic) bond motifs is 1. The fourth-order valence-electron chi connectivity index (χ4n) is 4.07. The minimum absolute atomic E-state index is 0.00838. The van der Waals surface area contributed by atoms with Crippen molar-refractivity contribution in [2.75, 3.05) is 13.1 Å². The molecular weight excluding hydrogens is 270 g/mol. The predicted molar refractivity (Wildman–Crippen MR) is 76.4 cm³/mol. The number of nitrogens with one attached hydrogen (secondary N) is 3. The van der Waals surface area contributed by atoms with Crippen molar-refractivity contribution in [2.24, 2.45) is 17.8 Å². The van der Waals surface area contributed by atoms with Crippen LogP contribution in [-0.4, -0.2) is 43.3 Å². The van der Waals surface area contributed by atoms with Crippen molar-refractivity contribution in [3.8, 4) is 0 Å². The summed E-state index contributed by atoms with van der Waals surface area (Å²) in [6.07, 6.45) is 5.38. The number of carbonyl (C=O) groups excluding carboxylic acids is 3. The molecule has 0 aromatic heterocycles. The normalized spacial score (nSPS) is 36.1. The molecule has 0 bridgehead atoms. The minimum Gasteiger partial charge on any atom is -0.356 e. The summed E-state index contributed by atoms with van der Waals surface area (Å²) in [5.74, 6) is 0.769. The molecule has 0 radical (unpaired) electrons. The van der Waals surface area contributed by atoms with Gasteiger partial charge < -0.3 is 20.7 Å². The van der Waals surface area contributed by atoms with Crippen LogP contribution >= 0.6 is 0 Å². The molecular formula is C15H23N3O3. The molecule has 3 aliphatic rings. The number of rotatable bonds is 5. The van der Waals surface area contributed by atoms with E-state index in [4.69, 9.17) is 0 Å². The van der Waals surface area contributed by atoms with E-state index < -0.39 is 6.04 Å². The van der Waals surface area contributed by atoms with E-state index in [1.54, 1.807) is 0 Å². The van der Waals surface area contributed by atoms with E-state index in [9.17, 15) is 14.4 Å². The van der Waals surface area contributed by atoms with Gasteiger partial charge in [0.2, 0.25) is 11.8 Å². The molecule has 2 saturated heterocycles. The van der Waals surface area contributed by atoms with E-state index in [2.05, 4.69) is 16.0 Å². The van der Waals surface area contributed by atoms with Gasteiger partial charge in [-0.2, -0.15) is 0 Å². The first-order valence-corrected chi connectivity index (χ1v) is 7.96. The number of hydrogen-bond acceptors (Lipinski definition) is 4. The Morgan fingerprint density at radius 1 is 1.38 bits per heavy atom. The Labute approximate surface area is 124 Å². The monoisotopic (exact) mass is 293 g/mol. The standard InChI is InChI=1S/C15H23N3O3/c19-8-11(6-9-4-5-16-14(9)20)18-15(21)13-12-3-1-2-10(12)7-17-13/h8-13,17H,1-7H2,(H,16,20)(H,18,21)/t9-,10?,11-,12?,13?/m0/s1. The number of carbonyl (C=O) groups is 3. The van der Waals surface area contributed by atoms with Crippen molar-refractivity contribution < 1.29 is 14.4 Å². The van der Waals surface area contributed by atoms with Gasteiger partial charge >= 0.3 is 0 Å². The zero-order valence-corrected chi connectivity index (χ0v) is 12.1. The molecule has 3 N–H and O–H groups in total. The van der Waals surface area contributed by atoms with Crippen LogP contribution in [0.1, 0.15) is 32.1 Å². The first-order chi connectivity index (χ1) is 10.2. The fraction of sp³-hybridized carbons (Fsp3) is 0.800. The SMILES string of the molecule is O=C[C@H](C[C@@H]1CCNC1=O)NC(=O)C1NCC2CCCC21. The predicted octanol–water partition coefficient (Wildman–Crippen LogP) is -0.416. The average molecular weight is 293 g/mol. The Bertz CT molecular complexity index is 440. The Kier molecular flexibility index (Phi) is 4.24. The van der Waals surface area contributed by atoms with Crippen LogP contribution in [-0.2, 0) is 14.4 Å². The summed E-state index contributed by atoms with van der Waals surface area (Å²) < 4.78 is 0. The van der Waals surface area contributed by atoms with Crippen molar-refractivity contribution in [3.63, 3.8) is 0 Å². The van der Waals surface area contributed by atoms with Gasteiger partial charge in [-0.3, -0.25) is 9.59 Å². The van der Waals surface area contributed by atoms with E-state index in [1.807, 2.05) is 0 Å². The van der Waals surface area contributed by atoms with Gasteiger partial charge in [0.05, 0.1) is 12.1 Å². The van der Waals surface area contributed by atoms with Gasteiger partial charge in [0.25, 0.3) is 0 Å². The molecule has 21 heavy (non-hydrogen) atoms. The molecule has 2 aliphatic heterocycles.